The topological polar surface area (TPSA) is 57.5 Å². The van der Waals surface area contributed by atoms with E-state index in [0.717, 1.165) is 0 Å². The van der Waals surface area contributed by atoms with Crippen molar-refractivity contribution in [2.45, 2.75) is 20.9 Å². The van der Waals surface area contributed by atoms with Gasteiger partial charge in [-0.15, -0.1) is 0 Å². The van der Waals surface area contributed by atoms with Crippen LogP contribution in [0.4, 0.5) is 0 Å². The van der Waals surface area contributed by atoms with Crippen LogP contribution >= 0.6 is 0 Å². The van der Waals surface area contributed by atoms with Gasteiger partial charge in [0.05, 0.1) is 0 Å². The van der Waals surface area contributed by atoms with Crippen LogP contribution in [0.25, 0.3) is 0 Å². The highest BCUT2D eigenvalue weighted by molar-refractivity contribution is 5.20. The third-order valence-electron chi connectivity index (χ3n) is 1.36. The largest absolute Gasteiger partial charge is 0.412 e. The molecule has 0 bridgehead atoms. The van der Waals surface area contributed by atoms with Crippen molar-refractivity contribution in [3.05, 3.63) is 35.4 Å². The lowest BCUT2D eigenvalue weighted by Gasteiger charge is -1.94. The Hall–Kier alpha value is -0.860. The predicted octanol–water partition coefficient (Wildman–Crippen LogP) is 1.27. The lowest BCUT2D eigenvalue weighted by atomic mass is 10.2. The van der Waals surface area contributed by atoms with Crippen molar-refractivity contribution in [1.29, 1.82) is 0 Å². The van der Waals surface area contributed by atoms with Crippen LogP contribution in [-0.4, -0.2) is 5.48 Å². The first kappa shape index (κ1) is 12.8. The van der Waals surface area contributed by atoms with E-state index in [1.165, 1.54) is 11.1 Å². The molecule has 11 heavy (non-hydrogen) atoms. The average molecular weight is 155 g/mol. The maximum atomic E-state index is 5.40. The normalized spacial score (nSPS) is 7.82. The number of hydrogen-bond donors (Lipinski definition) is 1. The van der Waals surface area contributed by atoms with Crippen molar-refractivity contribution in [1.82, 2.24) is 0 Å². The van der Waals surface area contributed by atoms with E-state index in [4.69, 9.17) is 5.73 Å². The molecule has 0 aliphatic rings. The van der Waals surface area contributed by atoms with Gasteiger partial charge < -0.3 is 11.2 Å². The zero-order valence-corrected chi connectivity index (χ0v) is 6.09. The molecule has 1 aromatic rings. The van der Waals surface area contributed by atoms with Gasteiger partial charge in [0, 0.05) is 6.54 Å². The van der Waals surface area contributed by atoms with Gasteiger partial charge in [0.25, 0.3) is 0 Å². The minimum absolute atomic E-state index is 0. The van der Waals surface area contributed by atoms with Gasteiger partial charge in [0.15, 0.2) is 0 Å². The minimum atomic E-state index is 0. The molecular weight excluding hydrogens is 138 g/mol. The maximum Gasteiger partial charge on any atom is 0.0178 e. The summed E-state index contributed by atoms with van der Waals surface area (Å²) in [7, 11) is 0. The Morgan fingerprint density at radius 1 is 1.18 bits per heavy atom. The zero-order chi connectivity index (χ0) is 6.69. The second kappa shape index (κ2) is 5.89. The van der Waals surface area contributed by atoms with Gasteiger partial charge in [-0.25, -0.2) is 0 Å². The molecule has 4 N–H and O–H groups in total. The van der Waals surface area contributed by atoms with Crippen LogP contribution in [0.15, 0.2) is 24.3 Å². The quantitative estimate of drug-likeness (QED) is 0.652. The summed E-state index contributed by atoms with van der Waals surface area (Å²) < 4.78 is 0. The molecule has 0 aliphatic heterocycles. The van der Waals surface area contributed by atoms with Crippen molar-refractivity contribution in [2.75, 3.05) is 0 Å². The molecule has 0 radical (unpaired) electrons. The molecule has 0 unspecified atom stereocenters. The van der Waals surface area contributed by atoms with Crippen LogP contribution in [0.1, 0.15) is 18.6 Å². The van der Waals surface area contributed by atoms with Gasteiger partial charge in [0.1, 0.15) is 0 Å². The molecule has 0 amide bonds. The summed E-state index contributed by atoms with van der Waals surface area (Å²) >= 11 is 0. The predicted molar refractivity (Wildman–Crippen MR) is 49.4 cm³/mol. The highest BCUT2D eigenvalue weighted by Crippen LogP contribution is 2.00. The van der Waals surface area contributed by atoms with E-state index in [-0.39, 0.29) is 12.9 Å². The SMILES string of the molecule is C.Cc1ccc(CN)cc1.O. The highest BCUT2D eigenvalue weighted by Gasteiger charge is 1.84. The summed E-state index contributed by atoms with van der Waals surface area (Å²) in [5.41, 5.74) is 7.88. The Morgan fingerprint density at radius 3 is 2.00 bits per heavy atom. The first-order valence-corrected chi connectivity index (χ1v) is 3.08. The fourth-order valence-electron chi connectivity index (χ4n) is 0.724. The molecule has 64 valence electrons. The van der Waals surface area contributed by atoms with Crippen LogP contribution in [0.2, 0.25) is 0 Å². The molecule has 2 heteroatoms. The molecule has 0 spiro atoms. The molecule has 0 heterocycles. The molecule has 0 atom stereocenters. The fourth-order valence-corrected chi connectivity index (χ4v) is 0.724. The number of nitrogens with two attached hydrogens (primary N) is 1. The van der Waals surface area contributed by atoms with E-state index in [1.54, 1.807) is 0 Å². The first-order valence-electron chi connectivity index (χ1n) is 3.08. The summed E-state index contributed by atoms with van der Waals surface area (Å²) in [5, 5.41) is 0. The van der Waals surface area contributed by atoms with E-state index >= 15 is 0 Å². The summed E-state index contributed by atoms with van der Waals surface area (Å²) in [6, 6.07) is 8.25. The molecule has 1 rings (SSSR count). The van der Waals surface area contributed by atoms with Crippen LogP contribution in [-0.2, 0) is 6.54 Å². The first-order chi connectivity index (χ1) is 4.33. The minimum Gasteiger partial charge on any atom is -0.412 e. The second-order valence-corrected chi connectivity index (χ2v) is 2.19. The van der Waals surface area contributed by atoms with Crippen LogP contribution < -0.4 is 5.73 Å². The number of aryl methyl sites for hydroxylation is 1. The summed E-state index contributed by atoms with van der Waals surface area (Å²) in [4.78, 5) is 0. The molecule has 1 aromatic carbocycles. The van der Waals surface area contributed by atoms with Gasteiger partial charge in [-0.2, -0.15) is 0 Å². The monoisotopic (exact) mass is 155 g/mol. The van der Waals surface area contributed by atoms with Gasteiger partial charge in [-0.1, -0.05) is 37.3 Å². The van der Waals surface area contributed by atoms with Gasteiger partial charge in [-0.3, -0.25) is 0 Å². The number of benzene rings is 1. The summed E-state index contributed by atoms with van der Waals surface area (Å²) in [6.45, 7) is 2.71. The van der Waals surface area contributed by atoms with Crippen molar-refractivity contribution < 1.29 is 5.48 Å². The van der Waals surface area contributed by atoms with Crippen molar-refractivity contribution in [3.63, 3.8) is 0 Å². The second-order valence-electron chi connectivity index (χ2n) is 2.19. The summed E-state index contributed by atoms with van der Waals surface area (Å²) in [5.74, 6) is 0. The van der Waals surface area contributed by atoms with E-state index in [1.807, 2.05) is 0 Å². The smallest absolute Gasteiger partial charge is 0.0178 e. The van der Waals surface area contributed by atoms with Crippen LogP contribution in [0.5, 0.6) is 0 Å². The van der Waals surface area contributed by atoms with Crippen molar-refractivity contribution in [2.24, 2.45) is 5.73 Å². The van der Waals surface area contributed by atoms with Crippen LogP contribution in [0, 0.1) is 6.92 Å². The lowest BCUT2D eigenvalue weighted by molar-refractivity contribution is 0.824. The lowest BCUT2D eigenvalue weighted by Crippen LogP contribution is -1.94. The Kier molecular flexibility index (Phi) is 6.85. The third kappa shape index (κ3) is 3.75. The van der Waals surface area contributed by atoms with E-state index in [9.17, 15) is 0 Å². The standard InChI is InChI=1S/C8H11N.CH4.H2O/c1-7-2-4-8(6-9)5-3-7;;/h2-5H,6,9H2,1H3;1H4;1H2. The fraction of sp³-hybridized carbons (Fsp3) is 0.333. The summed E-state index contributed by atoms with van der Waals surface area (Å²) in [6.07, 6.45) is 0. The highest BCUT2D eigenvalue weighted by atomic mass is 16.0. The zero-order valence-electron chi connectivity index (χ0n) is 6.09. The van der Waals surface area contributed by atoms with Crippen LogP contribution in [0.3, 0.4) is 0 Å². The molecule has 0 aliphatic carbocycles. The average Bonchev–Trinajstić information content (AvgIpc) is 1.90. The van der Waals surface area contributed by atoms with E-state index in [0.29, 0.717) is 6.54 Å². The van der Waals surface area contributed by atoms with Gasteiger partial charge in [0.2, 0.25) is 0 Å². The molecule has 0 saturated carbocycles. The number of rotatable bonds is 1. The molecular formula is C9H17NO. The Morgan fingerprint density at radius 2 is 1.64 bits per heavy atom. The van der Waals surface area contributed by atoms with E-state index in [2.05, 4.69) is 31.2 Å². The molecule has 0 fully saturated rings. The Labute approximate surface area is 68.4 Å². The van der Waals surface area contributed by atoms with Crippen molar-refractivity contribution in [3.8, 4) is 0 Å². The third-order valence-corrected chi connectivity index (χ3v) is 1.36. The maximum absolute atomic E-state index is 5.40. The number of hydrogen-bond acceptors (Lipinski definition) is 1. The Bertz CT molecular complexity index is 181. The van der Waals surface area contributed by atoms with Crippen molar-refractivity contribution >= 4 is 0 Å². The van der Waals surface area contributed by atoms with Gasteiger partial charge in [-0.05, 0) is 12.5 Å². The Balaban J connectivity index is 0. The van der Waals surface area contributed by atoms with E-state index < -0.39 is 0 Å². The van der Waals surface area contributed by atoms with Gasteiger partial charge >= 0.3 is 0 Å². The molecule has 2 nitrogen and oxygen atoms in total. The molecule has 0 saturated heterocycles. The molecule has 0 aromatic heterocycles.